The van der Waals surface area contributed by atoms with Gasteiger partial charge in [0.05, 0.1) is 72.7 Å². The fraction of sp³-hybridized carbons (Fsp3) is 0.493. The molecule has 2 N–H and O–H groups in total. The number of hydrogen-bond acceptors (Lipinski definition) is 12. The molecule has 5 aliphatic carbocycles. The van der Waals surface area contributed by atoms with Gasteiger partial charge in [0.1, 0.15) is 12.1 Å². The van der Waals surface area contributed by atoms with Gasteiger partial charge < -0.3 is 15.1 Å². The number of fused-ring (bicyclic) bond motifs is 4. The second-order valence-electron chi connectivity index (χ2n) is 29.5. The van der Waals surface area contributed by atoms with Gasteiger partial charge in [-0.1, -0.05) is 129 Å². The molecule has 4 aromatic heterocycles. The third-order valence-electron chi connectivity index (χ3n) is 18.3. The smallest absolute Gasteiger partial charge is 0.184 e. The molecule has 8 aromatic rings. The number of nitrogens with one attached hydrogen (secondary N) is 2. The quantitative estimate of drug-likeness (QED) is 0.0828. The monoisotopic (exact) mass is 1300 g/mol. The van der Waals surface area contributed by atoms with Crippen LogP contribution in [-0.4, -0.2) is 91.0 Å². The van der Waals surface area contributed by atoms with Crippen LogP contribution >= 0.6 is 46.4 Å². The molecule has 1 aliphatic heterocycles. The summed E-state index contributed by atoms with van der Waals surface area (Å²) in [7, 11) is -1.23. The summed E-state index contributed by atoms with van der Waals surface area (Å²) in [6, 6.07) is 28.6. The Bertz CT molecular complexity index is 4120. The van der Waals surface area contributed by atoms with E-state index in [2.05, 4.69) is 126 Å². The molecule has 5 heterocycles. The summed E-state index contributed by atoms with van der Waals surface area (Å²) in [5, 5.41) is 48.6. The van der Waals surface area contributed by atoms with E-state index in [1.807, 2.05) is 82.4 Å². The van der Waals surface area contributed by atoms with E-state index >= 15 is 0 Å². The van der Waals surface area contributed by atoms with E-state index in [-0.39, 0.29) is 10.8 Å². The number of halogens is 4. The number of pyridine rings is 2. The van der Waals surface area contributed by atoms with Crippen molar-refractivity contribution in [1.29, 1.82) is 10.5 Å². The normalized spacial score (nSPS) is 23.1. The fourth-order valence-corrected chi connectivity index (χ4v) is 16.0. The maximum Gasteiger partial charge on any atom is 0.184 e. The number of hydrogen-bond donors (Lipinski definition) is 2. The van der Waals surface area contributed by atoms with Crippen molar-refractivity contribution >= 4 is 87.9 Å². The van der Waals surface area contributed by atoms with Crippen LogP contribution in [0.5, 0.6) is 0 Å². The molecule has 1 saturated heterocycles. The highest BCUT2D eigenvalue weighted by atomic mass is 35.5. The molecule has 6 fully saturated rings. The number of piperidine rings is 1. The van der Waals surface area contributed by atoms with Crippen molar-refractivity contribution in [3.63, 3.8) is 0 Å². The zero-order valence-corrected chi connectivity index (χ0v) is 57.3. The number of anilines is 2. The summed E-state index contributed by atoms with van der Waals surface area (Å²) in [4.78, 5) is 11.6. The minimum atomic E-state index is -1.25. The minimum absolute atomic E-state index is 0.000509. The average Bonchev–Trinajstić information content (AvgIpc) is 1.54. The summed E-state index contributed by atoms with van der Waals surface area (Å²) >= 11 is 26.1. The highest BCUT2D eigenvalue weighted by molar-refractivity contribution is 6.69. The third-order valence-corrected chi connectivity index (χ3v) is 20.5. The highest BCUT2D eigenvalue weighted by Gasteiger charge is 2.59. The lowest BCUT2D eigenvalue weighted by Crippen LogP contribution is -2.31. The van der Waals surface area contributed by atoms with Gasteiger partial charge in [0.15, 0.2) is 8.32 Å². The Hall–Kier alpha value is -6.14. The first-order valence-corrected chi connectivity index (χ1v) is 36.8. The Kier molecular flexibility index (Phi) is 17.3. The van der Waals surface area contributed by atoms with Crippen molar-refractivity contribution in [2.45, 2.75) is 161 Å². The summed E-state index contributed by atoms with van der Waals surface area (Å²) in [5.41, 5.74) is 8.26. The van der Waals surface area contributed by atoms with Crippen LogP contribution in [-0.2, 0) is 17.3 Å². The lowest BCUT2D eigenvalue weighted by molar-refractivity contribution is 0.192. The molecule has 14 nitrogen and oxygen atoms in total. The zero-order valence-electron chi connectivity index (χ0n) is 55.3. The van der Waals surface area contributed by atoms with E-state index in [1.54, 1.807) is 24.5 Å². The van der Waals surface area contributed by atoms with E-state index < -0.39 is 20.1 Å². The molecule has 470 valence electrons. The maximum atomic E-state index is 9.92. The predicted octanol–water partition coefficient (Wildman–Crippen LogP) is 17.3. The largest absolute Gasteiger partial charge is 0.412 e. The van der Waals surface area contributed by atoms with E-state index in [9.17, 15) is 13.3 Å². The van der Waals surface area contributed by atoms with E-state index in [4.69, 9.17) is 50.8 Å². The first-order valence-electron chi connectivity index (χ1n) is 32.8. The van der Waals surface area contributed by atoms with Gasteiger partial charge in [0.25, 0.3) is 0 Å². The summed E-state index contributed by atoms with van der Waals surface area (Å²) < 4.78 is 29.6. The standard InChI is InChI=1S/C33H35Cl2N7.C31H32Cl2N6.C7H16OSi/c1-33(2,3)18-38-30-21(13-36)14-37-31-25(30)11-19(12-28(31)35)10-24(20-4-6-22(34)7-5-20)29-17-42(40-39-29)32-26-15-41(16-27(26)32)23-8-9-23;1-31(2,3)17-36-28-20(14-34)15-35-29-25(28)12-18(13-26(29)33)11-24(19-7-9-21(32)10-8-19)27-16-39(38-37-27)30-22-5-4-6-23(22)30;1-7(5-6-7)8-9(2,3)4/h4-7,11-12,14,17,23-24,26-27,32H,8-10,15-16,18H2,1-3H3,(H,37,38);7-10,12-13,15-16,22-24,30H,4-6,11,17H2,1-3H3,(H,35,36);5-6H2,1-4H3/t24-,26?,27?,32?;22?,23?,24-,30?;/m11./s1/i2*24D;. The van der Waals surface area contributed by atoms with Crippen molar-refractivity contribution in [3.8, 4) is 12.1 Å². The molecule has 6 aliphatic rings. The Morgan fingerprint density at radius 2 is 1.07 bits per heavy atom. The van der Waals surface area contributed by atoms with Crippen LogP contribution in [0.25, 0.3) is 21.8 Å². The number of benzene rings is 4. The van der Waals surface area contributed by atoms with Gasteiger partial charge in [-0.05, 0) is 171 Å². The van der Waals surface area contributed by atoms with Gasteiger partial charge in [-0.15, -0.1) is 10.2 Å². The van der Waals surface area contributed by atoms with Gasteiger partial charge in [-0.3, -0.25) is 14.9 Å². The average molecular weight is 1310 g/mol. The van der Waals surface area contributed by atoms with Gasteiger partial charge in [-0.2, -0.15) is 10.5 Å². The third kappa shape index (κ3) is 14.8. The van der Waals surface area contributed by atoms with Gasteiger partial charge in [0.2, 0.25) is 0 Å². The van der Waals surface area contributed by atoms with Gasteiger partial charge >= 0.3 is 0 Å². The molecule has 19 heteroatoms. The topological polar surface area (TPSA) is 171 Å². The van der Waals surface area contributed by atoms with E-state index in [0.29, 0.717) is 132 Å². The highest BCUT2D eigenvalue weighted by Crippen LogP contribution is 2.60. The summed E-state index contributed by atoms with van der Waals surface area (Å²) in [6.45, 7) is 25.4. The van der Waals surface area contributed by atoms with Crippen molar-refractivity contribution in [2.75, 3.05) is 36.8 Å². The molecular weight excluding hydrogens is 1220 g/mol. The van der Waals surface area contributed by atoms with Crippen LogP contribution in [0.15, 0.2) is 97.6 Å². The van der Waals surface area contributed by atoms with E-state index in [1.165, 1.54) is 44.9 Å². The zero-order chi connectivity index (χ0) is 65.5. The Morgan fingerprint density at radius 1 is 0.644 bits per heavy atom. The Balaban J connectivity index is 0.000000156. The number of likely N-dealkylation sites (tertiary alicyclic amines) is 1. The second-order valence-corrected chi connectivity index (χ2v) is 35.6. The Morgan fingerprint density at radius 3 is 1.43 bits per heavy atom. The van der Waals surface area contributed by atoms with Gasteiger partial charge in [-0.25, -0.2) is 9.36 Å². The molecule has 4 unspecified atom stereocenters. The molecule has 14 rings (SSSR count). The van der Waals surface area contributed by atoms with Crippen LogP contribution in [0.4, 0.5) is 11.4 Å². The van der Waals surface area contributed by atoms with Crippen LogP contribution in [0.2, 0.25) is 39.7 Å². The molecule has 0 bridgehead atoms. The van der Waals surface area contributed by atoms with Crippen molar-refractivity contribution in [2.24, 2.45) is 34.5 Å². The molecule has 90 heavy (non-hydrogen) atoms. The first-order chi connectivity index (χ1) is 43.5. The summed E-state index contributed by atoms with van der Waals surface area (Å²) in [6.07, 6.45) is 16.7. The number of nitrogens with zero attached hydrogens (tertiary/aromatic N) is 11. The maximum absolute atomic E-state index is 9.92. The number of rotatable bonds is 17. The molecule has 0 amide bonds. The number of nitriles is 2. The first kappa shape index (κ1) is 61.4. The molecule has 0 radical (unpaired) electrons. The van der Waals surface area contributed by atoms with Crippen LogP contribution in [0.1, 0.15) is 165 Å². The van der Waals surface area contributed by atoms with Crippen molar-refractivity contribution in [3.05, 3.63) is 162 Å². The number of aromatic nitrogens is 8. The molecular formula is C71H83Cl4N13OSi. The van der Waals surface area contributed by atoms with Crippen LogP contribution < -0.4 is 10.6 Å². The molecule has 4 aromatic carbocycles. The fourth-order valence-electron chi connectivity index (χ4n) is 13.5. The molecule has 5 saturated carbocycles. The van der Waals surface area contributed by atoms with Crippen LogP contribution in [0.3, 0.4) is 0 Å². The second kappa shape index (κ2) is 25.4. The predicted molar refractivity (Wildman–Crippen MR) is 365 cm³/mol. The van der Waals surface area contributed by atoms with Crippen LogP contribution in [0, 0.1) is 57.2 Å². The molecule has 0 spiro atoms. The van der Waals surface area contributed by atoms with Gasteiger partial charge in [0, 0.05) is 104 Å². The SMILES string of the molecule is CC1(O[Si](C)(C)C)CC1.[2H][C@@](Cc1cc(Cl)c2ncc(C#N)c(NCC(C)(C)C)c2c1)(c1ccc(Cl)cc1)c1cn(C2C3CCCC32)nn1.[2H][C@@](Cc1cc(Cl)c2ncc(C#N)c(NCC(C)(C)C)c2c1)(c1ccc(Cl)cc1)c1cn(C2C3CN(C4CC4)CC32)nn1. The van der Waals surface area contributed by atoms with Crippen molar-refractivity contribution < 1.29 is 7.17 Å². The molecule has 6 atom stereocenters. The van der Waals surface area contributed by atoms with Crippen molar-refractivity contribution in [1.82, 2.24) is 44.9 Å². The minimum Gasteiger partial charge on any atom is -0.412 e. The Labute approximate surface area is 554 Å². The lowest BCUT2D eigenvalue weighted by Gasteiger charge is -2.22. The van der Waals surface area contributed by atoms with E-state index in [0.717, 1.165) is 52.2 Å². The lowest BCUT2D eigenvalue weighted by atomic mass is 9.89. The summed E-state index contributed by atoms with van der Waals surface area (Å²) in [5.74, 6) is 0.124.